The third kappa shape index (κ3) is 3.29. The number of benzene rings is 2. The maximum Gasteiger partial charge on any atom is 0.164 e. The number of phenolic OH excluding ortho intramolecular Hbond substituents is 1. The molecule has 0 radical (unpaired) electrons. The lowest BCUT2D eigenvalue weighted by Crippen LogP contribution is -2.21. The molecule has 5 nitrogen and oxygen atoms in total. The van der Waals surface area contributed by atoms with Crippen LogP contribution in [0.25, 0.3) is 0 Å². The molecule has 1 N–H and O–H groups in total. The first kappa shape index (κ1) is 15.0. The van der Waals surface area contributed by atoms with E-state index in [4.69, 9.17) is 4.84 Å². The largest absolute Gasteiger partial charge is 0.508 e. The van der Waals surface area contributed by atoms with Crippen molar-refractivity contribution in [1.29, 1.82) is 0 Å². The van der Waals surface area contributed by atoms with Crippen molar-refractivity contribution in [1.82, 2.24) is 9.71 Å². The molecule has 0 amide bonds. The van der Waals surface area contributed by atoms with Gasteiger partial charge in [0.05, 0.1) is 12.7 Å². The Labute approximate surface area is 135 Å². The smallest absolute Gasteiger partial charge is 0.164 e. The zero-order valence-electron chi connectivity index (χ0n) is 13.2. The van der Waals surface area contributed by atoms with E-state index in [-0.39, 0.29) is 5.75 Å². The summed E-state index contributed by atoms with van der Waals surface area (Å²) >= 11 is 0. The summed E-state index contributed by atoms with van der Waals surface area (Å²) in [6.45, 7) is 2.58. The van der Waals surface area contributed by atoms with Crippen molar-refractivity contribution in [2.24, 2.45) is 0 Å². The van der Waals surface area contributed by atoms with E-state index in [9.17, 15) is 5.11 Å². The van der Waals surface area contributed by atoms with Crippen LogP contribution < -0.4 is 9.74 Å². The fraction of sp³-hybridized carbons (Fsp3) is 0.167. The van der Waals surface area contributed by atoms with Gasteiger partial charge in [-0.3, -0.25) is 0 Å². The summed E-state index contributed by atoms with van der Waals surface area (Å²) in [5.41, 5.74) is 3.11. The molecule has 0 atom stereocenters. The monoisotopic (exact) mass is 309 g/mol. The molecule has 0 spiro atoms. The minimum Gasteiger partial charge on any atom is -0.508 e. The van der Waals surface area contributed by atoms with Gasteiger partial charge in [0.15, 0.2) is 5.82 Å². The van der Waals surface area contributed by atoms with E-state index in [2.05, 4.69) is 41.1 Å². The molecule has 0 aliphatic rings. The molecule has 1 aromatic heterocycles. The first-order valence-corrected chi connectivity index (χ1v) is 7.37. The van der Waals surface area contributed by atoms with E-state index in [1.54, 1.807) is 36.4 Å². The van der Waals surface area contributed by atoms with Gasteiger partial charge in [-0.2, -0.15) is 4.73 Å². The van der Waals surface area contributed by atoms with Crippen LogP contribution in [0.5, 0.6) is 5.75 Å². The topological polar surface area (TPSA) is 50.5 Å². The Bertz CT molecular complexity index is 781. The summed E-state index contributed by atoms with van der Waals surface area (Å²) < 4.78 is 1.63. The lowest BCUT2D eigenvalue weighted by atomic mass is 10.2. The fourth-order valence-electron chi connectivity index (χ4n) is 2.46. The summed E-state index contributed by atoms with van der Waals surface area (Å²) in [6, 6.07) is 15.4. The van der Waals surface area contributed by atoms with Crippen molar-refractivity contribution in [3.63, 3.8) is 0 Å². The Morgan fingerprint density at radius 2 is 1.91 bits per heavy atom. The van der Waals surface area contributed by atoms with Gasteiger partial charge in [0.2, 0.25) is 0 Å². The van der Waals surface area contributed by atoms with Gasteiger partial charge in [-0.1, -0.05) is 23.8 Å². The highest BCUT2D eigenvalue weighted by molar-refractivity contribution is 5.64. The van der Waals surface area contributed by atoms with Crippen molar-refractivity contribution >= 4 is 11.4 Å². The normalized spacial score (nSPS) is 10.5. The number of anilines is 2. The predicted octanol–water partition coefficient (Wildman–Crippen LogP) is 3.29. The third-order valence-corrected chi connectivity index (χ3v) is 3.66. The minimum absolute atomic E-state index is 0.231. The maximum absolute atomic E-state index is 9.81. The number of nitrogens with zero attached hydrogens (tertiary/aromatic N) is 3. The average molecular weight is 309 g/mol. The summed E-state index contributed by atoms with van der Waals surface area (Å²) in [7, 11) is 1.61. The molecular formula is C18H19N3O2. The molecular weight excluding hydrogens is 290 g/mol. The van der Waals surface area contributed by atoms with E-state index in [1.165, 1.54) is 5.56 Å². The zero-order chi connectivity index (χ0) is 16.2. The second-order valence-electron chi connectivity index (χ2n) is 5.29. The van der Waals surface area contributed by atoms with Gasteiger partial charge in [-0.15, -0.1) is 0 Å². The fourth-order valence-corrected chi connectivity index (χ4v) is 2.46. The highest BCUT2D eigenvalue weighted by atomic mass is 16.6. The third-order valence-electron chi connectivity index (χ3n) is 3.66. The van der Waals surface area contributed by atoms with Crippen LogP contribution in [0.1, 0.15) is 11.4 Å². The second kappa shape index (κ2) is 6.44. The summed E-state index contributed by atoms with van der Waals surface area (Å²) in [5.74, 6) is 1.01. The molecule has 5 heteroatoms. The van der Waals surface area contributed by atoms with Crippen LogP contribution in [0.3, 0.4) is 0 Å². The van der Waals surface area contributed by atoms with Crippen LogP contribution >= 0.6 is 0 Å². The Morgan fingerprint density at radius 1 is 1.13 bits per heavy atom. The Hall–Kier alpha value is -2.95. The lowest BCUT2D eigenvalue weighted by molar-refractivity contribution is 0.158. The van der Waals surface area contributed by atoms with Crippen molar-refractivity contribution in [2.75, 3.05) is 12.0 Å². The number of phenols is 1. The van der Waals surface area contributed by atoms with Crippen molar-refractivity contribution < 1.29 is 9.94 Å². The number of aromatic hydroxyl groups is 1. The van der Waals surface area contributed by atoms with Crippen molar-refractivity contribution in [3.05, 3.63) is 72.3 Å². The van der Waals surface area contributed by atoms with E-state index in [0.29, 0.717) is 6.54 Å². The van der Waals surface area contributed by atoms with Crippen LogP contribution in [0.4, 0.5) is 11.4 Å². The van der Waals surface area contributed by atoms with E-state index >= 15 is 0 Å². The van der Waals surface area contributed by atoms with Gasteiger partial charge < -0.3 is 14.8 Å². The molecule has 0 unspecified atom stereocenters. The quantitative estimate of drug-likeness (QED) is 0.785. The minimum atomic E-state index is 0.231. The van der Waals surface area contributed by atoms with Crippen LogP contribution in [0, 0.1) is 6.92 Å². The number of rotatable bonds is 5. The molecule has 23 heavy (non-hydrogen) atoms. The summed E-state index contributed by atoms with van der Waals surface area (Å²) in [4.78, 5) is 11.7. The lowest BCUT2D eigenvalue weighted by Gasteiger charge is -2.25. The molecule has 2 aromatic carbocycles. The Kier molecular flexibility index (Phi) is 4.19. The Balaban J connectivity index is 2.01. The zero-order valence-corrected chi connectivity index (χ0v) is 13.2. The highest BCUT2D eigenvalue weighted by Crippen LogP contribution is 2.29. The molecule has 118 valence electrons. The number of hydrogen-bond donors (Lipinski definition) is 1. The molecule has 0 bridgehead atoms. The molecule has 3 rings (SSSR count). The second-order valence-corrected chi connectivity index (χ2v) is 5.29. The van der Waals surface area contributed by atoms with Gasteiger partial charge in [-0.05, 0) is 31.2 Å². The molecule has 1 heterocycles. The molecule has 0 fully saturated rings. The van der Waals surface area contributed by atoms with Gasteiger partial charge in [0, 0.05) is 23.6 Å². The summed E-state index contributed by atoms with van der Waals surface area (Å²) in [6.07, 6.45) is 3.47. The van der Waals surface area contributed by atoms with Crippen LogP contribution in [0.2, 0.25) is 0 Å². The van der Waals surface area contributed by atoms with E-state index < -0.39 is 0 Å². The van der Waals surface area contributed by atoms with Crippen molar-refractivity contribution in [2.45, 2.75) is 13.5 Å². The number of aryl methyl sites for hydroxylation is 1. The van der Waals surface area contributed by atoms with E-state index in [1.807, 2.05) is 12.1 Å². The van der Waals surface area contributed by atoms with Gasteiger partial charge >= 0.3 is 0 Å². The molecule has 3 aromatic rings. The van der Waals surface area contributed by atoms with Crippen LogP contribution in [0.15, 0.2) is 60.9 Å². The SMILES string of the molecule is COn1ccnc1CN(c1ccc(C)cc1)c1cccc(O)c1. The molecule has 0 aliphatic carbocycles. The van der Waals surface area contributed by atoms with Gasteiger partial charge in [-0.25, -0.2) is 4.98 Å². The first-order valence-electron chi connectivity index (χ1n) is 7.37. The molecule has 0 aliphatic heterocycles. The van der Waals surface area contributed by atoms with E-state index in [0.717, 1.165) is 17.2 Å². The standard InChI is InChI=1S/C18H19N3O2/c1-14-6-8-15(9-7-14)20(16-4-3-5-17(22)12-16)13-18-19-10-11-21(18)23-2/h3-12,22H,13H2,1-2H3. The van der Waals surface area contributed by atoms with Crippen LogP contribution in [-0.2, 0) is 6.54 Å². The first-order chi connectivity index (χ1) is 11.2. The average Bonchev–Trinajstić information content (AvgIpc) is 3.01. The number of imidazole rings is 1. The summed E-state index contributed by atoms with van der Waals surface area (Å²) in [5, 5.41) is 9.81. The predicted molar refractivity (Wildman–Crippen MR) is 89.9 cm³/mol. The number of hydrogen-bond acceptors (Lipinski definition) is 4. The maximum atomic E-state index is 9.81. The van der Waals surface area contributed by atoms with Crippen LogP contribution in [-0.4, -0.2) is 21.9 Å². The Morgan fingerprint density at radius 3 is 2.61 bits per heavy atom. The van der Waals surface area contributed by atoms with Gasteiger partial charge in [0.25, 0.3) is 0 Å². The molecule has 0 saturated heterocycles. The van der Waals surface area contributed by atoms with Gasteiger partial charge in [0.1, 0.15) is 12.9 Å². The highest BCUT2D eigenvalue weighted by Gasteiger charge is 2.14. The number of aromatic nitrogens is 2. The molecule has 0 saturated carbocycles. The van der Waals surface area contributed by atoms with Crippen molar-refractivity contribution in [3.8, 4) is 5.75 Å².